The summed E-state index contributed by atoms with van der Waals surface area (Å²) >= 11 is 12.2. The van der Waals surface area contributed by atoms with Gasteiger partial charge in [-0.05, 0) is 60.5 Å². The Hall–Kier alpha value is -3.00. The Balaban J connectivity index is 1.78. The molecule has 3 aromatic rings. The van der Waals surface area contributed by atoms with E-state index < -0.39 is 0 Å². The fraction of sp³-hybridized carbons (Fsp3) is 0.167. The van der Waals surface area contributed by atoms with Crippen molar-refractivity contribution < 1.29 is 4.74 Å². The van der Waals surface area contributed by atoms with Gasteiger partial charge >= 0.3 is 0 Å². The van der Waals surface area contributed by atoms with E-state index in [2.05, 4.69) is 11.4 Å². The summed E-state index contributed by atoms with van der Waals surface area (Å²) in [5.74, 6) is 1.36. The van der Waals surface area contributed by atoms with Crippen LogP contribution >= 0.6 is 23.2 Å². The minimum absolute atomic E-state index is 0.0800. The first kappa shape index (κ1) is 20.3. The first-order chi connectivity index (χ1) is 14.6. The van der Waals surface area contributed by atoms with E-state index in [-0.39, 0.29) is 12.1 Å². The molecule has 1 aliphatic heterocycles. The van der Waals surface area contributed by atoms with Gasteiger partial charge in [0.15, 0.2) is 0 Å². The highest BCUT2D eigenvalue weighted by atomic mass is 35.5. The molecule has 0 spiro atoms. The van der Waals surface area contributed by atoms with Crippen LogP contribution < -0.4 is 10.1 Å². The molecule has 0 fully saturated rings. The van der Waals surface area contributed by atoms with Crippen LogP contribution in [0.5, 0.6) is 5.75 Å². The lowest BCUT2D eigenvalue weighted by Gasteiger charge is -2.20. The van der Waals surface area contributed by atoms with Crippen LogP contribution in [0.3, 0.4) is 0 Å². The smallest absolute Gasteiger partial charge is 0.133 e. The Morgan fingerprint density at radius 3 is 2.20 bits per heavy atom. The van der Waals surface area contributed by atoms with Crippen LogP contribution in [-0.4, -0.2) is 12.4 Å². The highest BCUT2D eigenvalue weighted by Gasteiger charge is 2.32. The number of nitriles is 1. The third kappa shape index (κ3) is 4.14. The fourth-order valence-corrected chi connectivity index (χ4v) is 3.80. The van der Waals surface area contributed by atoms with E-state index in [0.717, 1.165) is 22.5 Å². The predicted molar refractivity (Wildman–Crippen MR) is 120 cm³/mol. The summed E-state index contributed by atoms with van der Waals surface area (Å²) in [6, 6.07) is 22.8. The van der Waals surface area contributed by atoms with Crippen LogP contribution in [0.1, 0.15) is 41.3 Å². The number of rotatable bonds is 5. The molecule has 1 aliphatic rings. The fourth-order valence-electron chi connectivity index (χ4n) is 3.55. The minimum Gasteiger partial charge on any atom is -0.493 e. The van der Waals surface area contributed by atoms with Gasteiger partial charge in [-0.1, -0.05) is 47.5 Å². The van der Waals surface area contributed by atoms with Crippen molar-refractivity contribution in [2.45, 2.75) is 19.0 Å². The van der Waals surface area contributed by atoms with E-state index in [1.165, 1.54) is 0 Å². The van der Waals surface area contributed by atoms with Gasteiger partial charge in [-0.2, -0.15) is 5.26 Å². The molecule has 0 aliphatic carbocycles. The highest BCUT2D eigenvalue weighted by molar-refractivity contribution is 6.30. The largest absolute Gasteiger partial charge is 0.493 e. The van der Waals surface area contributed by atoms with Crippen LogP contribution in [-0.2, 0) is 0 Å². The molecule has 4 nitrogen and oxygen atoms in total. The van der Waals surface area contributed by atoms with Gasteiger partial charge in [-0.25, -0.2) is 0 Å². The molecular weight excluding hydrogens is 417 g/mol. The van der Waals surface area contributed by atoms with E-state index in [1.54, 1.807) is 12.1 Å². The topological polar surface area (TPSA) is 57.4 Å². The number of hydrogen-bond donors (Lipinski definition) is 1. The van der Waals surface area contributed by atoms with Crippen molar-refractivity contribution >= 4 is 29.0 Å². The Bertz CT molecular complexity index is 1120. The second-order valence-corrected chi connectivity index (χ2v) is 7.78. The van der Waals surface area contributed by atoms with Crippen molar-refractivity contribution in [3.8, 4) is 11.8 Å². The van der Waals surface area contributed by atoms with Gasteiger partial charge in [0.05, 0.1) is 29.8 Å². The molecule has 1 heterocycles. The van der Waals surface area contributed by atoms with Crippen LogP contribution in [0.2, 0.25) is 10.0 Å². The number of nitrogens with one attached hydrogen (secondary N) is 1. The molecule has 0 saturated carbocycles. The third-order valence-corrected chi connectivity index (χ3v) is 5.49. The number of nitrogens with zero attached hydrogens (tertiary/aromatic N) is 2. The number of aliphatic imine (C=N–C) groups is 1. The molecule has 0 unspecified atom stereocenters. The Labute approximate surface area is 185 Å². The molecule has 0 saturated heterocycles. The number of benzene rings is 3. The van der Waals surface area contributed by atoms with Crippen molar-refractivity contribution in [1.82, 2.24) is 5.32 Å². The Morgan fingerprint density at radius 2 is 1.60 bits per heavy atom. The molecule has 0 aromatic heterocycles. The standard InChI is InChI=1S/C24H19Cl2N3O/c1-2-30-21-13-15(14-27)3-12-20(21)24-28-22(16-4-8-18(25)9-5-16)23(29-24)17-6-10-19(26)11-7-17/h3-13,22-23H,2H2,1H3,(H,28,29)/t22-,23+. The van der Waals surface area contributed by atoms with E-state index in [4.69, 9.17) is 32.9 Å². The summed E-state index contributed by atoms with van der Waals surface area (Å²) in [5, 5.41) is 14.2. The Morgan fingerprint density at radius 1 is 0.967 bits per heavy atom. The highest BCUT2D eigenvalue weighted by Crippen LogP contribution is 2.39. The molecule has 150 valence electrons. The second-order valence-electron chi connectivity index (χ2n) is 6.90. The maximum atomic E-state index is 9.24. The lowest BCUT2D eigenvalue weighted by Crippen LogP contribution is -2.25. The van der Waals surface area contributed by atoms with Gasteiger partial charge in [0.25, 0.3) is 0 Å². The number of ether oxygens (including phenoxy) is 1. The van der Waals surface area contributed by atoms with Gasteiger partial charge in [-0.15, -0.1) is 0 Å². The number of hydrogen-bond acceptors (Lipinski definition) is 4. The van der Waals surface area contributed by atoms with Gasteiger partial charge < -0.3 is 10.1 Å². The summed E-state index contributed by atoms with van der Waals surface area (Å²) in [7, 11) is 0. The van der Waals surface area contributed by atoms with Crippen LogP contribution in [0.15, 0.2) is 71.7 Å². The molecule has 30 heavy (non-hydrogen) atoms. The summed E-state index contributed by atoms with van der Waals surface area (Å²) in [5.41, 5.74) is 3.49. The molecule has 2 atom stereocenters. The molecule has 3 aromatic carbocycles. The molecule has 0 amide bonds. The maximum Gasteiger partial charge on any atom is 0.133 e. The first-order valence-corrected chi connectivity index (χ1v) is 10.4. The van der Waals surface area contributed by atoms with E-state index >= 15 is 0 Å². The summed E-state index contributed by atoms with van der Waals surface area (Å²) < 4.78 is 5.80. The van der Waals surface area contributed by atoms with Crippen LogP contribution in [0, 0.1) is 11.3 Å². The van der Waals surface area contributed by atoms with Gasteiger partial charge in [0.2, 0.25) is 0 Å². The molecule has 0 radical (unpaired) electrons. The quantitative estimate of drug-likeness (QED) is 0.526. The minimum atomic E-state index is -0.149. The number of amidine groups is 1. The van der Waals surface area contributed by atoms with E-state index in [9.17, 15) is 5.26 Å². The van der Waals surface area contributed by atoms with Gasteiger partial charge in [0.1, 0.15) is 17.6 Å². The molecule has 1 N–H and O–H groups in total. The van der Waals surface area contributed by atoms with Crippen LogP contribution in [0.25, 0.3) is 0 Å². The number of halogens is 2. The lowest BCUT2D eigenvalue weighted by molar-refractivity contribution is 0.339. The summed E-state index contributed by atoms with van der Waals surface area (Å²) in [6.45, 7) is 2.41. The third-order valence-electron chi connectivity index (χ3n) is 4.98. The monoisotopic (exact) mass is 435 g/mol. The van der Waals surface area contributed by atoms with Crippen molar-refractivity contribution in [3.63, 3.8) is 0 Å². The maximum absolute atomic E-state index is 9.24. The zero-order valence-electron chi connectivity index (χ0n) is 16.3. The molecule has 6 heteroatoms. The Kier molecular flexibility index (Phi) is 5.94. The first-order valence-electron chi connectivity index (χ1n) is 9.61. The molecule has 0 bridgehead atoms. The lowest BCUT2D eigenvalue weighted by atomic mass is 9.95. The predicted octanol–water partition coefficient (Wildman–Crippen LogP) is 6.10. The van der Waals surface area contributed by atoms with E-state index in [0.29, 0.717) is 28.0 Å². The SMILES string of the molecule is CCOc1cc(C#N)ccc1C1=N[C@@H](c2ccc(Cl)cc2)[C@@H](c2ccc(Cl)cc2)N1. The van der Waals surface area contributed by atoms with Crippen molar-refractivity contribution in [2.75, 3.05) is 6.61 Å². The zero-order valence-corrected chi connectivity index (χ0v) is 17.8. The average Bonchev–Trinajstić information content (AvgIpc) is 3.20. The van der Waals surface area contributed by atoms with Gasteiger partial charge in [-0.3, -0.25) is 4.99 Å². The average molecular weight is 436 g/mol. The van der Waals surface area contributed by atoms with Gasteiger partial charge in [0, 0.05) is 10.0 Å². The van der Waals surface area contributed by atoms with Crippen LogP contribution in [0.4, 0.5) is 0 Å². The van der Waals surface area contributed by atoms with E-state index in [1.807, 2.05) is 61.5 Å². The second kappa shape index (κ2) is 8.79. The van der Waals surface area contributed by atoms with Crippen molar-refractivity contribution in [1.29, 1.82) is 5.26 Å². The summed E-state index contributed by atoms with van der Waals surface area (Å²) in [6.07, 6.45) is 0. The molecular formula is C24H19Cl2N3O. The normalized spacial score (nSPS) is 17.7. The summed E-state index contributed by atoms with van der Waals surface area (Å²) in [4.78, 5) is 5.00. The zero-order chi connectivity index (χ0) is 21.1. The van der Waals surface area contributed by atoms with Crippen molar-refractivity contribution in [3.05, 3.63) is 99.0 Å². The van der Waals surface area contributed by atoms with Crippen molar-refractivity contribution in [2.24, 2.45) is 4.99 Å². The molecule has 4 rings (SSSR count).